The molecule has 0 N–H and O–H groups in total. The van der Waals surface area contributed by atoms with E-state index in [1.54, 1.807) is 12.1 Å². The molecule has 1 aliphatic heterocycles. The zero-order chi connectivity index (χ0) is 25.2. The van der Waals surface area contributed by atoms with E-state index >= 15 is 0 Å². The topological polar surface area (TPSA) is 42.2 Å². The third-order valence-electron chi connectivity index (χ3n) is 7.69. The van der Waals surface area contributed by atoms with Gasteiger partial charge >= 0.3 is 6.18 Å². The molecule has 1 aromatic carbocycles. The van der Waals surface area contributed by atoms with Crippen LogP contribution >= 0.6 is 23.2 Å². The second kappa shape index (κ2) is 8.52. The maximum atomic E-state index is 13.4. The Morgan fingerprint density at radius 2 is 1.75 bits per heavy atom. The lowest BCUT2D eigenvalue weighted by Gasteiger charge is -2.46. The highest BCUT2D eigenvalue weighted by molar-refractivity contribution is 6.39. The number of pyridine rings is 1. The molecule has 3 aromatic rings. The molecule has 3 heterocycles. The Bertz CT molecular complexity index is 1350. The van der Waals surface area contributed by atoms with E-state index in [9.17, 15) is 13.2 Å². The van der Waals surface area contributed by atoms with Gasteiger partial charge in [0.1, 0.15) is 17.3 Å². The van der Waals surface area contributed by atoms with Crippen LogP contribution in [0.4, 0.5) is 19.0 Å². The number of rotatable bonds is 4. The lowest BCUT2D eigenvalue weighted by atomic mass is 9.63. The Morgan fingerprint density at radius 3 is 2.36 bits per heavy atom. The van der Waals surface area contributed by atoms with Crippen LogP contribution in [-0.4, -0.2) is 23.2 Å². The molecule has 0 bridgehead atoms. The number of nitrogens with zero attached hydrogens (tertiary/aromatic N) is 3. The number of halogens is 5. The summed E-state index contributed by atoms with van der Waals surface area (Å²) in [6.45, 7) is 2.75. The molecule has 0 radical (unpaired) electrons. The predicted molar refractivity (Wildman–Crippen MR) is 134 cm³/mol. The predicted octanol–water partition coefficient (Wildman–Crippen LogP) is 8.32. The lowest BCUT2D eigenvalue weighted by Crippen LogP contribution is -2.42. The number of piperidine rings is 1. The monoisotopic (exact) mass is 533 g/mol. The molecule has 0 unspecified atom stereocenters. The molecule has 0 amide bonds. The maximum absolute atomic E-state index is 13.4. The van der Waals surface area contributed by atoms with Gasteiger partial charge in [-0.1, -0.05) is 40.5 Å². The summed E-state index contributed by atoms with van der Waals surface area (Å²) in [5, 5.41) is 5.47. The summed E-state index contributed by atoms with van der Waals surface area (Å²) in [5.41, 5.74) is 3.11. The zero-order valence-corrected chi connectivity index (χ0v) is 21.1. The van der Waals surface area contributed by atoms with Crippen LogP contribution in [0, 0.1) is 12.3 Å². The SMILES string of the molecule is Cc1cnc(N2CCC3(C=C(c4c(-c5c(Cl)cccc5Cl)noc4C4CC4)C3)CC2)cc1C(F)(F)F. The van der Waals surface area contributed by atoms with Gasteiger partial charge in [-0.15, -0.1) is 0 Å². The van der Waals surface area contributed by atoms with Gasteiger partial charge in [0, 0.05) is 36.3 Å². The highest BCUT2D eigenvalue weighted by atomic mass is 35.5. The van der Waals surface area contributed by atoms with Gasteiger partial charge in [-0.3, -0.25) is 0 Å². The van der Waals surface area contributed by atoms with Crippen LogP contribution in [0.1, 0.15) is 60.5 Å². The summed E-state index contributed by atoms with van der Waals surface area (Å²) in [6.07, 6.45) is 3.95. The fourth-order valence-corrected chi connectivity index (χ4v) is 6.08. The number of anilines is 1. The van der Waals surface area contributed by atoms with E-state index < -0.39 is 11.7 Å². The average molecular weight is 534 g/mol. The molecule has 36 heavy (non-hydrogen) atoms. The first-order chi connectivity index (χ1) is 17.2. The first-order valence-electron chi connectivity index (χ1n) is 12.1. The third kappa shape index (κ3) is 4.10. The van der Waals surface area contributed by atoms with Gasteiger partial charge in [0.15, 0.2) is 0 Å². The first-order valence-corrected chi connectivity index (χ1v) is 12.9. The number of allylic oxidation sites excluding steroid dienone is 2. The van der Waals surface area contributed by atoms with Crippen molar-refractivity contribution in [2.45, 2.75) is 51.1 Å². The second-order valence-electron chi connectivity index (χ2n) is 10.2. The van der Waals surface area contributed by atoms with E-state index in [0.717, 1.165) is 43.4 Å². The number of benzene rings is 1. The van der Waals surface area contributed by atoms with Crippen LogP contribution < -0.4 is 4.90 Å². The van der Waals surface area contributed by atoms with Crippen LogP contribution in [0.3, 0.4) is 0 Å². The van der Waals surface area contributed by atoms with Crippen molar-refractivity contribution < 1.29 is 17.7 Å². The largest absolute Gasteiger partial charge is 0.416 e. The Hall–Kier alpha value is -2.51. The molecule has 9 heteroatoms. The summed E-state index contributed by atoms with van der Waals surface area (Å²) < 4.78 is 46.0. The van der Waals surface area contributed by atoms with E-state index in [4.69, 9.17) is 27.7 Å². The molecule has 3 aliphatic rings. The summed E-state index contributed by atoms with van der Waals surface area (Å²) in [6, 6.07) is 6.58. The highest BCUT2D eigenvalue weighted by Crippen LogP contribution is 2.56. The van der Waals surface area contributed by atoms with E-state index in [1.165, 1.54) is 24.8 Å². The number of alkyl halides is 3. The fraction of sp³-hybridized carbons (Fsp3) is 0.407. The Morgan fingerprint density at radius 1 is 1.08 bits per heavy atom. The quantitative estimate of drug-likeness (QED) is 0.338. The molecule has 2 fully saturated rings. The number of aromatic nitrogens is 2. The Balaban J connectivity index is 1.25. The summed E-state index contributed by atoms with van der Waals surface area (Å²) in [4.78, 5) is 6.24. The van der Waals surface area contributed by atoms with Crippen molar-refractivity contribution in [1.29, 1.82) is 0 Å². The smallest absolute Gasteiger partial charge is 0.360 e. The molecule has 6 rings (SSSR count). The van der Waals surface area contributed by atoms with E-state index in [2.05, 4.69) is 16.2 Å². The molecule has 1 saturated carbocycles. The maximum Gasteiger partial charge on any atom is 0.416 e. The molecule has 1 saturated heterocycles. The van der Waals surface area contributed by atoms with Crippen LogP contribution in [-0.2, 0) is 6.18 Å². The molecule has 4 nitrogen and oxygen atoms in total. The van der Waals surface area contributed by atoms with Gasteiger partial charge in [-0.05, 0) is 73.8 Å². The molecular formula is C27H24Cl2F3N3O. The van der Waals surface area contributed by atoms with Crippen molar-refractivity contribution in [3.05, 3.63) is 69.0 Å². The van der Waals surface area contributed by atoms with Crippen molar-refractivity contribution in [1.82, 2.24) is 10.1 Å². The normalized spacial score (nSPS) is 19.4. The van der Waals surface area contributed by atoms with Crippen molar-refractivity contribution in [2.75, 3.05) is 18.0 Å². The Kier molecular flexibility index (Phi) is 5.65. The molecule has 2 aliphatic carbocycles. The molecule has 0 atom stereocenters. The lowest BCUT2D eigenvalue weighted by molar-refractivity contribution is -0.138. The highest BCUT2D eigenvalue weighted by Gasteiger charge is 2.44. The first kappa shape index (κ1) is 23.9. The number of aryl methyl sites for hydroxylation is 1. The van der Waals surface area contributed by atoms with Crippen LogP contribution in [0.25, 0.3) is 16.8 Å². The minimum atomic E-state index is -4.38. The number of hydrogen-bond acceptors (Lipinski definition) is 4. The number of hydrogen-bond donors (Lipinski definition) is 0. The van der Waals surface area contributed by atoms with Gasteiger partial charge in [0.05, 0.1) is 15.6 Å². The second-order valence-corrected chi connectivity index (χ2v) is 11.0. The van der Waals surface area contributed by atoms with Crippen LogP contribution in [0.5, 0.6) is 0 Å². The van der Waals surface area contributed by atoms with E-state index in [1.807, 2.05) is 11.0 Å². The van der Waals surface area contributed by atoms with Gasteiger partial charge in [0.2, 0.25) is 0 Å². The molecular weight excluding hydrogens is 510 g/mol. The molecule has 1 spiro atoms. The Labute approximate surface area is 217 Å². The van der Waals surface area contributed by atoms with Gasteiger partial charge in [-0.2, -0.15) is 13.2 Å². The van der Waals surface area contributed by atoms with E-state index in [-0.39, 0.29) is 11.0 Å². The van der Waals surface area contributed by atoms with Gasteiger partial charge < -0.3 is 9.42 Å². The summed E-state index contributed by atoms with van der Waals surface area (Å²) in [5.74, 6) is 1.66. The van der Waals surface area contributed by atoms with Crippen molar-refractivity contribution in [2.24, 2.45) is 5.41 Å². The minimum absolute atomic E-state index is 0.0169. The van der Waals surface area contributed by atoms with Crippen molar-refractivity contribution in [3.8, 4) is 11.3 Å². The van der Waals surface area contributed by atoms with Gasteiger partial charge in [0.25, 0.3) is 0 Å². The summed E-state index contributed by atoms with van der Waals surface area (Å²) >= 11 is 13.0. The minimum Gasteiger partial charge on any atom is -0.360 e. The van der Waals surface area contributed by atoms with Gasteiger partial charge in [-0.25, -0.2) is 4.98 Å². The standard InChI is InChI=1S/C27H24Cl2F3N3O/c1-15-14-33-21(11-18(15)27(30,31)32)35-9-7-26(8-10-35)12-17(13-26)22-24(34-36-25(22)16-5-6-16)23-19(28)3-2-4-20(23)29/h2-4,11-12,14,16H,5-10,13H2,1H3. The van der Waals surface area contributed by atoms with Crippen molar-refractivity contribution in [3.63, 3.8) is 0 Å². The van der Waals surface area contributed by atoms with Crippen LogP contribution in [0.2, 0.25) is 10.0 Å². The average Bonchev–Trinajstić information content (AvgIpc) is 3.57. The molecule has 188 valence electrons. The van der Waals surface area contributed by atoms with Crippen LogP contribution in [0.15, 0.2) is 41.1 Å². The fourth-order valence-electron chi connectivity index (χ4n) is 5.51. The van der Waals surface area contributed by atoms with Crippen molar-refractivity contribution >= 4 is 34.6 Å². The molecule has 2 aromatic heterocycles. The zero-order valence-electron chi connectivity index (χ0n) is 19.6. The third-order valence-corrected chi connectivity index (χ3v) is 8.32. The van der Waals surface area contributed by atoms with E-state index in [0.29, 0.717) is 46.1 Å². The summed E-state index contributed by atoms with van der Waals surface area (Å²) in [7, 11) is 0.